The molecule has 0 radical (unpaired) electrons. The number of carbonyl (C=O) groups is 2. The van der Waals surface area contributed by atoms with E-state index in [2.05, 4.69) is 15.6 Å². The van der Waals surface area contributed by atoms with Crippen molar-refractivity contribution in [2.75, 3.05) is 11.9 Å². The van der Waals surface area contributed by atoms with Crippen LogP contribution in [0.1, 0.15) is 33.6 Å². The molecule has 5 nitrogen and oxygen atoms in total. The molecule has 1 aromatic heterocycles. The van der Waals surface area contributed by atoms with E-state index in [0.29, 0.717) is 22.9 Å². The Bertz CT molecular complexity index is 980. The van der Waals surface area contributed by atoms with Crippen molar-refractivity contribution in [3.63, 3.8) is 0 Å². The molecule has 2 amide bonds. The summed E-state index contributed by atoms with van der Waals surface area (Å²) in [4.78, 5) is 28.8. The first-order valence-corrected chi connectivity index (χ1v) is 9.40. The van der Waals surface area contributed by atoms with E-state index in [-0.39, 0.29) is 11.8 Å². The lowest BCUT2D eigenvalue weighted by Gasteiger charge is -2.08. The molecule has 1 saturated carbocycles. The van der Waals surface area contributed by atoms with Crippen LogP contribution < -0.4 is 10.6 Å². The molecule has 0 bridgehead atoms. The van der Waals surface area contributed by atoms with Gasteiger partial charge in [-0.25, -0.2) is 4.98 Å². The van der Waals surface area contributed by atoms with E-state index >= 15 is 0 Å². The van der Waals surface area contributed by atoms with Crippen LogP contribution in [0.25, 0.3) is 11.1 Å². The van der Waals surface area contributed by atoms with E-state index in [1.54, 1.807) is 24.4 Å². The van der Waals surface area contributed by atoms with Crippen molar-refractivity contribution >= 4 is 17.6 Å². The minimum absolute atomic E-state index is 0.0477. The first kappa shape index (κ1) is 17.9. The number of nitrogens with zero attached hydrogens (tertiary/aromatic N) is 1. The lowest BCUT2D eigenvalue weighted by atomic mass is 10.0. The van der Waals surface area contributed by atoms with Crippen LogP contribution in [-0.2, 0) is 0 Å². The molecule has 140 valence electrons. The molecule has 1 aliphatic carbocycles. The van der Waals surface area contributed by atoms with Gasteiger partial charge in [0.15, 0.2) is 0 Å². The van der Waals surface area contributed by atoms with Crippen molar-refractivity contribution in [3.05, 3.63) is 84.1 Å². The molecule has 0 unspecified atom stereocenters. The van der Waals surface area contributed by atoms with Crippen molar-refractivity contribution in [2.45, 2.75) is 12.8 Å². The molecule has 2 aromatic carbocycles. The first-order chi connectivity index (χ1) is 13.7. The number of rotatable bonds is 6. The summed E-state index contributed by atoms with van der Waals surface area (Å²) in [5.41, 5.74) is 3.01. The topological polar surface area (TPSA) is 71.1 Å². The molecule has 4 rings (SSSR count). The fourth-order valence-electron chi connectivity index (χ4n) is 2.92. The van der Waals surface area contributed by atoms with Gasteiger partial charge in [-0.15, -0.1) is 0 Å². The zero-order chi connectivity index (χ0) is 19.3. The maximum atomic E-state index is 12.3. The normalized spacial score (nSPS) is 13.0. The minimum atomic E-state index is -0.199. The van der Waals surface area contributed by atoms with Crippen LogP contribution in [0.4, 0.5) is 5.82 Å². The van der Waals surface area contributed by atoms with Crippen molar-refractivity contribution < 1.29 is 9.59 Å². The van der Waals surface area contributed by atoms with Gasteiger partial charge in [0, 0.05) is 29.4 Å². The predicted octanol–water partition coefficient (Wildman–Crippen LogP) is 4.14. The Morgan fingerprint density at radius 2 is 1.64 bits per heavy atom. The molecule has 3 aromatic rings. The molecule has 0 spiro atoms. The van der Waals surface area contributed by atoms with Crippen molar-refractivity contribution in [3.8, 4) is 11.1 Å². The van der Waals surface area contributed by atoms with Gasteiger partial charge < -0.3 is 10.6 Å². The fraction of sp³-hybridized carbons (Fsp3) is 0.174. The predicted molar refractivity (Wildman–Crippen MR) is 109 cm³/mol. The Labute approximate surface area is 163 Å². The lowest BCUT2D eigenvalue weighted by Crippen LogP contribution is -2.25. The van der Waals surface area contributed by atoms with E-state index in [0.717, 1.165) is 17.7 Å². The SMILES string of the molecule is O=C(NCC1CC1)c1cccc(-c2ccc(NC(=O)c3ccccc3)nc2)c1. The van der Waals surface area contributed by atoms with Gasteiger partial charge in [0.05, 0.1) is 0 Å². The standard InChI is InChI=1S/C23H21N3O2/c27-22(25-14-16-9-10-16)19-8-4-7-18(13-19)20-11-12-21(24-15-20)26-23(28)17-5-2-1-3-6-17/h1-8,11-13,15-16H,9-10,14H2,(H,25,27)(H,24,26,28). The van der Waals surface area contributed by atoms with E-state index in [9.17, 15) is 9.59 Å². The highest BCUT2D eigenvalue weighted by Gasteiger charge is 2.21. The average Bonchev–Trinajstić information content (AvgIpc) is 3.58. The second kappa shape index (κ2) is 8.05. The van der Waals surface area contributed by atoms with Crippen LogP contribution in [0, 0.1) is 5.92 Å². The van der Waals surface area contributed by atoms with Crippen molar-refractivity contribution in [1.82, 2.24) is 10.3 Å². The van der Waals surface area contributed by atoms with E-state index < -0.39 is 0 Å². The van der Waals surface area contributed by atoms with E-state index in [1.165, 1.54) is 12.8 Å². The van der Waals surface area contributed by atoms with Gasteiger partial charge in [-0.2, -0.15) is 0 Å². The van der Waals surface area contributed by atoms with Crippen LogP contribution in [0.5, 0.6) is 0 Å². The molecule has 1 heterocycles. The van der Waals surface area contributed by atoms with E-state index in [1.807, 2.05) is 48.5 Å². The molecule has 0 saturated heterocycles. The van der Waals surface area contributed by atoms with E-state index in [4.69, 9.17) is 0 Å². The Kier molecular flexibility index (Phi) is 5.15. The zero-order valence-corrected chi connectivity index (χ0v) is 15.4. The van der Waals surface area contributed by atoms with Gasteiger partial charge in [0.1, 0.15) is 5.82 Å². The Morgan fingerprint density at radius 1 is 0.857 bits per heavy atom. The summed E-state index contributed by atoms with van der Waals surface area (Å²) < 4.78 is 0. The van der Waals surface area contributed by atoms with Gasteiger partial charge >= 0.3 is 0 Å². The highest BCUT2D eigenvalue weighted by Crippen LogP contribution is 2.27. The zero-order valence-electron chi connectivity index (χ0n) is 15.4. The van der Waals surface area contributed by atoms with Gasteiger partial charge in [-0.1, -0.05) is 30.3 Å². The monoisotopic (exact) mass is 371 g/mol. The maximum absolute atomic E-state index is 12.3. The van der Waals surface area contributed by atoms with Crippen LogP contribution in [0.2, 0.25) is 0 Å². The Morgan fingerprint density at radius 3 is 2.36 bits per heavy atom. The van der Waals surface area contributed by atoms with Crippen LogP contribution in [0.3, 0.4) is 0 Å². The minimum Gasteiger partial charge on any atom is -0.352 e. The van der Waals surface area contributed by atoms with Gasteiger partial charge in [-0.05, 0) is 60.7 Å². The molecule has 0 aliphatic heterocycles. The Hall–Kier alpha value is -3.47. The number of amides is 2. The summed E-state index contributed by atoms with van der Waals surface area (Å²) >= 11 is 0. The Balaban J connectivity index is 1.44. The number of carbonyl (C=O) groups excluding carboxylic acids is 2. The largest absolute Gasteiger partial charge is 0.352 e. The molecule has 1 fully saturated rings. The number of hydrogen-bond donors (Lipinski definition) is 2. The summed E-state index contributed by atoms with van der Waals surface area (Å²) in [6.45, 7) is 0.750. The third-order valence-electron chi connectivity index (χ3n) is 4.75. The number of nitrogens with one attached hydrogen (secondary N) is 2. The average molecular weight is 371 g/mol. The molecule has 5 heteroatoms. The third kappa shape index (κ3) is 4.43. The molecule has 0 atom stereocenters. The highest BCUT2D eigenvalue weighted by atomic mass is 16.2. The molecule has 2 N–H and O–H groups in total. The summed E-state index contributed by atoms with van der Waals surface area (Å²) in [6, 6.07) is 20.1. The first-order valence-electron chi connectivity index (χ1n) is 9.40. The lowest BCUT2D eigenvalue weighted by molar-refractivity contribution is 0.0951. The number of benzene rings is 2. The third-order valence-corrected chi connectivity index (χ3v) is 4.75. The summed E-state index contributed by atoms with van der Waals surface area (Å²) in [5.74, 6) is 0.884. The number of hydrogen-bond acceptors (Lipinski definition) is 3. The molecular formula is C23H21N3O2. The smallest absolute Gasteiger partial charge is 0.256 e. The molecule has 28 heavy (non-hydrogen) atoms. The van der Waals surface area contributed by atoms with Crippen LogP contribution in [0.15, 0.2) is 72.9 Å². The number of aromatic nitrogens is 1. The number of anilines is 1. The molecule has 1 aliphatic rings. The van der Waals surface area contributed by atoms with Crippen LogP contribution >= 0.6 is 0 Å². The number of pyridine rings is 1. The quantitative estimate of drug-likeness (QED) is 0.684. The summed E-state index contributed by atoms with van der Waals surface area (Å²) in [5, 5.41) is 5.77. The van der Waals surface area contributed by atoms with Gasteiger partial charge in [0.2, 0.25) is 0 Å². The van der Waals surface area contributed by atoms with Crippen molar-refractivity contribution in [2.24, 2.45) is 5.92 Å². The molecular weight excluding hydrogens is 350 g/mol. The second-order valence-corrected chi connectivity index (χ2v) is 6.99. The van der Waals surface area contributed by atoms with Gasteiger partial charge in [-0.3, -0.25) is 9.59 Å². The second-order valence-electron chi connectivity index (χ2n) is 6.99. The van der Waals surface area contributed by atoms with Crippen LogP contribution in [-0.4, -0.2) is 23.3 Å². The van der Waals surface area contributed by atoms with Gasteiger partial charge in [0.25, 0.3) is 11.8 Å². The summed E-state index contributed by atoms with van der Waals surface area (Å²) in [6.07, 6.45) is 4.11. The highest BCUT2D eigenvalue weighted by molar-refractivity contribution is 6.03. The van der Waals surface area contributed by atoms with Crippen molar-refractivity contribution in [1.29, 1.82) is 0 Å². The maximum Gasteiger partial charge on any atom is 0.256 e. The summed E-state index contributed by atoms with van der Waals surface area (Å²) in [7, 11) is 0. The fourth-order valence-corrected chi connectivity index (χ4v) is 2.92.